The Labute approximate surface area is 181 Å². The van der Waals surface area contributed by atoms with Crippen LogP contribution in [0, 0.1) is 6.92 Å². The number of carbonyl (C=O) groups is 1. The molecule has 0 spiro atoms. The number of para-hydroxylation sites is 1. The third-order valence-electron chi connectivity index (χ3n) is 5.89. The normalized spacial score (nSPS) is 16.1. The van der Waals surface area contributed by atoms with E-state index < -0.39 is 0 Å². The number of aromatic nitrogens is 3. The Bertz CT molecular complexity index is 1230. The molecule has 2 aromatic heterocycles. The molecule has 6 nitrogen and oxygen atoms in total. The molecule has 1 amide bonds. The van der Waals surface area contributed by atoms with E-state index in [1.54, 1.807) is 4.68 Å². The monoisotopic (exact) mass is 411 g/mol. The first-order chi connectivity index (χ1) is 15.1. The van der Waals surface area contributed by atoms with E-state index >= 15 is 0 Å². The van der Waals surface area contributed by atoms with Gasteiger partial charge < -0.3 is 10.2 Å². The average Bonchev–Trinajstić information content (AvgIpc) is 3.38. The largest absolute Gasteiger partial charge is 0.380 e. The lowest BCUT2D eigenvalue weighted by molar-refractivity contribution is 0.0793. The molecule has 5 rings (SSSR count). The van der Waals surface area contributed by atoms with Crippen molar-refractivity contribution in [1.82, 2.24) is 19.7 Å². The van der Waals surface area contributed by atoms with Gasteiger partial charge in [0, 0.05) is 37.4 Å². The predicted octanol–water partition coefficient (Wildman–Crippen LogP) is 4.27. The number of carbonyl (C=O) groups excluding carboxylic acids is 1. The zero-order valence-electron chi connectivity index (χ0n) is 17.7. The van der Waals surface area contributed by atoms with E-state index in [2.05, 4.69) is 22.5 Å². The Morgan fingerprint density at radius 2 is 1.77 bits per heavy atom. The maximum atomic E-state index is 13.6. The molecule has 1 fully saturated rings. The van der Waals surface area contributed by atoms with Crippen LogP contribution in [0.4, 0.5) is 5.69 Å². The quantitative estimate of drug-likeness (QED) is 0.545. The highest BCUT2D eigenvalue weighted by Crippen LogP contribution is 2.29. The summed E-state index contributed by atoms with van der Waals surface area (Å²) < 4.78 is 1.76. The molecule has 6 heteroatoms. The van der Waals surface area contributed by atoms with Crippen LogP contribution in [0.2, 0.25) is 0 Å². The van der Waals surface area contributed by atoms with E-state index in [9.17, 15) is 4.79 Å². The number of hydrogen-bond donors (Lipinski definition) is 1. The highest BCUT2D eigenvalue weighted by Gasteiger charge is 2.29. The van der Waals surface area contributed by atoms with Crippen LogP contribution >= 0.6 is 0 Å². The maximum Gasteiger partial charge on any atom is 0.254 e. The van der Waals surface area contributed by atoms with Crippen LogP contribution in [0.25, 0.3) is 22.3 Å². The highest BCUT2D eigenvalue weighted by molar-refractivity contribution is 6.07. The van der Waals surface area contributed by atoms with Crippen LogP contribution in [0.1, 0.15) is 22.5 Å². The number of nitrogens with zero attached hydrogens (tertiary/aromatic N) is 4. The predicted molar refractivity (Wildman–Crippen MR) is 123 cm³/mol. The van der Waals surface area contributed by atoms with Gasteiger partial charge in [-0.05, 0) is 31.5 Å². The van der Waals surface area contributed by atoms with Gasteiger partial charge in [-0.2, -0.15) is 5.10 Å². The number of rotatable bonds is 4. The fourth-order valence-corrected chi connectivity index (χ4v) is 4.37. The van der Waals surface area contributed by atoms with Crippen molar-refractivity contribution in [3.05, 3.63) is 78.0 Å². The lowest BCUT2D eigenvalue weighted by Crippen LogP contribution is -2.31. The summed E-state index contributed by atoms with van der Waals surface area (Å²) in [6.45, 7) is 3.34. The number of fused-ring (bicyclic) bond motifs is 1. The van der Waals surface area contributed by atoms with E-state index in [4.69, 9.17) is 4.98 Å². The fourth-order valence-electron chi connectivity index (χ4n) is 4.37. The molecule has 1 aliphatic heterocycles. The van der Waals surface area contributed by atoms with Crippen LogP contribution in [0.5, 0.6) is 0 Å². The summed E-state index contributed by atoms with van der Waals surface area (Å²) in [7, 11) is 1.88. The minimum Gasteiger partial charge on any atom is -0.380 e. The molecular formula is C25H25N5O. The molecule has 1 atom stereocenters. The van der Waals surface area contributed by atoms with Gasteiger partial charge in [0.1, 0.15) is 0 Å². The van der Waals surface area contributed by atoms with Crippen LogP contribution < -0.4 is 5.32 Å². The second kappa shape index (κ2) is 7.87. The van der Waals surface area contributed by atoms with Crippen molar-refractivity contribution < 1.29 is 4.79 Å². The second-order valence-electron chi connectivity index (χ2n) is 8.08. The highest BCUT2D eigenvalue weighted by atomic mass is 16.2. The Kier molecular flexibility index (Phi) is 4.90. The molecule has 3 heterocycles. The summed E-state index contributed by atoms with van der Waals surface area (Å²) in [5.74, 6) is 0.0399. The van der Waals surface area contributed by atoms with Crippen molar-refractivity contribution in [2.75, 3.05) is 18.4 Å². The molecule has 31 heavy (non-hydrogen) atoms. The second-order valence-corrected chi connectivity index (χ2v) is 8.08. The van der Waals surface area contributed by atoms with Gasteiger partial charge in [0.25, 0.3) is 5.91 Å². The van der Waals surface area contributed by atoms with E-state index in [0.717, 1.165) is 46.6 Å². The van der Waals surface area contributed by atoms with Crippen molar-refractivity contribution in [2.24, 2.45) is 7.05 Å². The smallest absolute Gasteiger partial charge is 0.254 e. The Balaban J connectivity index is 1.48. The summed E-state index contributed by atoms with van der Waals surface area (Å²) in [4.78, 5) is 20.4. The molecule has 1 unspecified atom stereocenters. The van der Waals surface area contributed by atoms with Gasteiger partial charge in [-0.15, -0.1) is 0 Å². The van der Waals surface area contributed by atoms with Crippen LogP contribution in [0.15, 0.2) is 66.7 Å². The first-order valence-electron chi connectivity index (χ1n) is 10.6. The number of benzene rings is 2. The van der Waals surface area contributed by atoms with E-state index in [1.165, 1.54) is 0 Å². The number of aryl methyl sites for hydroxylation is 2. The van der Waals surface area contributed by atoms with E-state index in [1.807, 2.05) is 73.5 Å². The Hall–Kier alpha value is -3.67. The first-order valence-corrected chi connectivity index (χ1v) is 10.6. The molecule has 1 N–H and O–H groups in total. The lowest BCUT2D eigenvalue weighted by atomic mass is 10.0. The first kappa shape index (κ1) is 19.3. The maximum absolute atomic E-state index is 13.6. The molecule has 1 saturated heterocycles. The van der Waals surface area contributed by atoms with Gasteiger partial charge in [0.15, 0.2) is 5.65 Å². The molecule has 156 valence electrons. The van der Waals surface area contributed by atoms with Gasteiger partial charge in [-0.25, -0.2) is 4.98 Å². The van der Waals surface area contributed by atoms with Crippen LogP contribution in [0.3, 0.4) is 0 Å². The summed E-state index contributed by atoms with van der Waals surface area (Å²) in [6.07, 6.45) is 0.923. The molecule has 4 aromatic rings. The summed E-state index contributed by atoms with van der Waals surface area (Å²) >= 11 is 0. The molecule has 0 radical (unpaired) electrons. The van der Waals surface area contributed by atoms with E-state index in [0.29, 0.717) is 12.1 Å². The molecule has 2 aromatic carbocycles. The SMILES string of the molecule is Cc1nn(C)c2nc(-c3ccccc3)cc(C(=O)N3CCC(Nc4ccccc4)C3)c12. The van der Waals surface area contributed by atoms with Crippen LogP contribution in [-0.4, -0.2) is 44.7 Å². The van der Waals surface area contributed by atoms with E-state index in [-0.39, 0.29) is 11.9 Å². The van der Waals surface area contributed by atoms with Gasteiger partial charge in [0.2, 0.25) is 0 Å². The molecule has 0 bridgehead atoms. The van der Waals surface area contributed by atoms with Crippen molar-refractivity contribution in [3.63, 3.8) is 0 Å². The third-order valence-corrected chi connectivity index (χ3v) is 5.89. The number of pyridine rings is 1. The molecular weight excluding hydrogens is 386 g/mol. The minimum atomic E-state index is 0.0399. The van der Waals surface area contributed by atoms with Gasteiger partial charge in [-0.3, -0.25) is 9.48 Å². The van der Waals surface area contributed by atoms with Gasteiger partial charge >= 0.3 is 0 Å². The minimum absolute atomic E-state index is 0.0399. The summed E-state index contributed by atoms with van der Waals surface area (Å²) in [6, 6.07) is 22.3. The lowest BCUT2D eigenvalue weighted by Gasteiger charge is -2.19. The van der Waals surface area contributed by atoms with Crippen molar-refractivity contribution >= 4 is 22.6 Å². The zero-order chi connectivity index (χ0) is 21.4. The number of amides is 1. The third kappa shape index (κ3) is 3.65. The van der Waals surface area contributed by atoms with Crippen molar-refractivity contribution in [1.29, 1.82) is 0 Å². The zero-order valence-corrected chi connectivity index (χ0v) is 17.7. The van der Waals surface area contributed by atoms with Gasteiger partial charge in [-0.1, -0.05) is 48.5 Å². The molecule has 0 aliphatic carbocycles. The summed E-state index contributed by atoms with van der Waals surface area (Å²) in [5, 5.41) is 8.92. The topological polar surface area (TPSA) is 63.1 Å². The van der Waals surface area contributed by atoms with Gasteiger partial charge in [0.05, 0.1) is 22.3 Å². The average molecular weight is 412 g/mol. The molecule has 0 saturated carbocycles. The number of anilines is 1. The molecule has 1 aliphatic rings. The Morgan fingerprint density at radius 1 is 1.06 bits per heavy atom. The number of nitrogens with one attached hydrogen (secondary N) is 1. The standard InChI is InChI=1S/C25H25N5O/c1-17-23-21(15-22(18-9-5-3-6-10-18)27-24(23)29(2)28-17)25(31)30-14-13-20(16-30)26-19-11-7-4-8-12-19/h3-12,15,20,26H,13-14,16H2,1-2H3. The number of likely N-dealkylation sites (tertiary alicyclic amines) is 1. The Morgan fingerprint density at radius 3 is 2.52 bits per heavy atom. The van der Waals surface area contributed by atoms with Crippen molar-refractivity contribution in [3.8, 4) is 11.3 Å². The van der Waals surface area contributed by atoms with Crippen molar-refractivity contribution in [2.45, 2.75) is 19.4 Å². The summed E-state index contributed by atoms with van der Waals surface area (Å²) in [5.41, 5.74) is 5.10. The van der Waals surface area contributed by atoms with Crippen LogP contribution in [-0.2, 0) is 7.05 Å². The fraction of sp³-hybridized carbons (Fsp3) is 0.240. The number of hydrogen-bond acceptors (Lipinski definition) is 4.